The molecular weight excluding hydrogens is 410 g/mol. The van der Waals surface area contributed by atoms with Crippen molar-refractivity contribution in [3.05, 3.63) is 71.0 Å². The second-order valence-electron chi connectivity index (χ2n) is 7.36. The van der Waals surface area contributed by atoms with Crippen molar-refractivity contribution < 1.29 is 23.8 Å². The average molecular weight is 433 g/mol. The molecule has 32 heavy (non-hydrogen) atoms. The van der Waals surface area contributed by atoms with Gasteiger partial charge in [0, 0.05) is 18.2 Å². The molecule has 1 heterocycles. The Bertz CT molecular complexity index is 1140. The summed E-state index contributed by atoms with van der Waals surface area (Å²) in [6, 6.07) is 13.0. The van der Waals surface area contributed by atoms with Crippen LogP contribution in [0.3, 0.4) is 0 Å². The van der Waals surface area contributed by atoms with E-state index in [2.05, 4.69) is 15.3 Å². The van der Waals surface area contributed by atoms with Gasteiger partial charge in [-0.05, 0) is 30.0 Å². The van der Waals surface area contributed by atoms with Crippen LogP contribution in [0.1, 0.15) is 44.3 Å². The maximum Gasteiger partial charge on any atom is 0.258 e. The lowest BCUT2D eigenvalue weighted by atomic mass is 9.82. The molecule has 8 nitrogen and oxygen atoms in total. The number of benzene rings is 2. The van der Waals surface area contributed by atoms with Crippen molar-refractivity contribution in [2.24, 2.45) is 0 Å². The summed E-state index contributed by atoms with van der Waals surface area (Å²) in [5.74, 6) is 0.851. The third-order valence-electron chi connectivity index (χ3n) is 5.46. The molecule has 1 unspecified atom stereocenters. The minimum absolute atomic E-state index is 0.00241. The Labute approximate surface area is 185 Å². The first-order valence-electron chi connectivity index (χ1n) is 10.1. The van der Waals surface area contributed by atoms with E-state index in [1.54, 1.807) is 12.1 Å². The van der Waals surface area contributed by atoms with Gasteiger partial charge >= 0.3 is 0 Å². The lowest BCUT2D eigenvalue weighted by Crippen LogP contribution is -2.22. The number of fused-ring (bicyclic) bond motifs is 1. The SMILES string of the molecule is COc1cc(C(=O)Nc2ncc3c(n2)CC(c2ccccc2)CC3=O)cc(OC)c1OC. The van der Waals surface area contributed by atoms with Crippen LogP contribution in [-0.4, -0.2) is 43.0 Å². The molecule has 3 aromatic rings. The van der Waals surface area contributed by atoms with Gasteiger partial charge in [-0.25, -0.2) is 9.97 Å². The van der Waals surface area contributed by atoms with Crippen molar-refractivity contribution in [3.8, 4) is 17.2 Å². The number of nitrogens with zero attached hydrogens (tertiary/aromatic N) is 2. The number of Topliss-reactive ketones (excluding diaryl/α,β-unsaturated/α-hetero) is 1. The van der Waals surface area contributed by atoms with Crippen LogP contribution in [-0.2, 0) is 6.42 Å². The van der Waals surface area contributed by atoms with Gasteiger partial charge in [-0.3, -0.25) is 14.9 Å². The molecule has 2 aromatic carbocycles. The number of amides is 1. The summed E-state index contributed by atoms with van der Waals surface area (Å²) in [7, 11) is 4.45. The number of rotatable bonds is 6. The van der Waals surface area contributed by atoms with Crippen molar-refractivity contribution in [3.63, 3.8) is 0 Å². The van der Waals surface area contributed by atoms with Crippen molar-refractivity contribution in [2.75, 3.05) is 26.6 Å². The second-order valence-corrected chi connectivity index (χ2v) is 7.36. The second kappa shape index (κ2) is 9.05. The summed E-state index contributed by atoms with van der Waals surface area (Å²) >= 11 is 0. The monoisotopic (exact) mass is 433 g/mol. The largest absolute Gasteiger partial charge is 0.493 e. The van der Waals surface area contributed by atoms with Gasteiger partial charge in [0.2, 0.25) is 11.7 Å². The van der Waals surface area contributed by atoms with E-state index in [0.29, 0.717) is 46.9 Å². The fourth-order valence-corrected chi connectivity index (χ4v) is 3.85. The molecule has 0 saturated heterocycles. The van der Waals surface area contributed by atoms with Crippen molar-refractivity contribution in [1.29, 1.82) is 0 Å². The Morgan fingerprint density at radius 1 is 1.00 bits per heavy atom. The molecular formula is C24H23N3O5. The molecule has 1 aliphatic rings. The van der Waals surface area contributed by atoms with E-state index in [-0.39, 0.29) is 17.6 Å². The lowest BCUT2D eigenvalue weighted by molar-refractivity contribution is 0.0962. The zero-order valence-corrected chi connectivity index (χ0v) is 18.0. The smallest absolute Gasteiger partial charge is 0.258 e. The molecule has 0 saturated carbocycles. The Hall–Kier alpha value is -3.94. The van der Waals surface area contributed by atoms with Crippen LogP contribution in [0.5, 0.6) is 17.2 Å². The van der Waals surface area contributed by atoms with Crippen LogP contribution in [0, 0.1) is 0 Å². The first kappa shape index (κ1) is 21.3. The number of methoxy groups -OCH3 is 3. The number of nitrogens with one attached hydrogen (secondary N) is 1. The van der Waals surface area contributed by atoms with Crippen LogP contribution in [0.4, 0.5) is 5.95 Å². The molecule has 1 atom stereocenters. The molecule has 1 aliphatic carbocycles. The Balaban J connectivity index is 1.59. The van der Waals surface area contributed by atoms with Crippen molar-refractivity contribution in [1.82, 2.24) is 9.97 Å². The van der Waals surface area contributed by atoms with Gasteiger partial charge in [-0.15, -0.1) is 0 Å². The zero-order valence-electron chi connectivity index (χ0n) is 18.0. The number of ketones is 1. The maximum absolute atomic E-state index is 12.9. The molecule has 164 valence electrons. The first-order valence-corrected chi connectivity index (χ1v) is 10.1. The summed E-state index contributed by atoms with van der Waals surface area (Å²) in [6.45, 7) is 0. The number of carbonyl (C=O) groups excluding carboxylic acids is 2. The molecule has 1 N–H and O–H groups in total. The van der Waals surface area contributed by atoms with Crippen LogP contribution in [0.25, 0.3) is 0 Å². The quantitative estimate of drug-likeness (QED) is 0.633. The van der Waals surface area contributed by atoms with Gasteiger partial charge < -0.3 is 14.2 Å². The normalized spacial score (nSPS) is 15.0. The standard InChI is InChI=1S/C24H23N3O5/c1-30-20-11-16(12-21(31-2)22(20)32-3)23(29)27-24-25-13-17-18(26-24)9-15(10-19(17)28)14-7-5-4-6-8-14/h4-8,11-13,15H,9-10H2,1-3H3,(H,25,26,27,29). The van der Waals surface area contributed by atoms with Crippen molar-refractivity contribution in [2.45, 2.75) is 18.8 Å². The molecule has 8 heteroatoms. The predicted octanol–water partition coefficient (Wildman–Crippen LogP) is 3.67. The first-order chi connectivity index (χ1) is 15.5. The third kappa shape index (κ3) is 4.12. The summed E-state index contributed by atoms with van der Waals surface area (Å²) in [5, 5.41) is 2.69. The van der Waals surface area contributed by atoms with E-state index in [9.17, 15) is 9.59 Å². The van der Waals surface area contributed by atoms with Crippen LogP contribution in [0.2, 0.25) is 0 Å². The molecule has 4 rings (SSSR count). The van der Waals surface area contributed by atoms with E-state index in [0.717, 1.165) is 5.56 Å². The highest BCUT2D eigenvalue weighted by Gasteiger charge is 2.28. The highest BCUT2D eigenvalue weighted by atomic mass is 16.5. The van der Waals surface area contributed by atoms with Gasteiger partial charge in [-0.1, -0.05) is 30.3 Å². The van der Waals surface area contributed by atoms with Gasteiger partial charge in [-0.2, -0.15) is 0 Å². The molecule has 0 aliphatic heterocycles. The van der Waals surface area contributed by atoms with E-state index >= 15 is 0 Å². The molecule has 1 aromatic heterocycles. The van der Waals surface area contributed by atoms with Crippen molar-refractivity contribution >= 4 is 17.6 Å². The van der Waals surface area contributed by atoms with Crippen LogP contribution in [0.15, 0.2) is 48.7 Å². The van der Waals surface area contributed by atoms with Crippen LogP contribution < -0.4 is 19.5 Å². The summed E-state index contributed by atoms with van der Waals surface area (Å²) in [4.78, 5) is 34.1. The molecule has 1 amide bonds. The van der Waals surface area contributed by atoms with E-state index in [4.69, 9.17) is 14.2 Å². The van der Waals surface area contributed by atoms with Gasteiger partial charge in [0.1, 0.15) is 0 Å². The number of carbonyl (C=O) groups is 2. The predicted molar refractivity (Wildman–Crippen MR) is 118 cm³/mol. The minimum atomic E-state index is -0.439. The number of anilines is 1. The average Bonchev–Trinajstić information content (AvgIpc) is 2.83. The fourth-order valence-electron chi connectivity index (χ4n) is 3.85. The Kier molecular flexibility index (Phi) is 6.02. The van der Waals surface area contributed by atoms with E-state index in [1.165, 1.54) is 27.5 Å². The molecule has 0 radical (unpaired) electrons. The Morgan fingerprint density at radius 3 is 2.31 bits per heavy atom. The number of aromatic nitrogens is 2. The zero-order chi connectivity index (χ0) is 22.7. The van der Waals surface area contributed by atoms with Crippen LogP contribution >= 0.6 is 0 Å². The third-order valence-corrected chi connectivity index (χ3v) is 5.46. The minimum Gasteiger partial charge on any atom is -0.493 e. The van der Waals surface area contributed by atoms with Gasteiger partial charge in [0.05, 0.1) is 32.6 Å². The summed E-state index contributed by atoms with van der Waals surface area (Å²) < 4.78 is 15.9. The highest BCUT2D eigenvalue weighted by Crippen LogP contribution is 2.38. The van der Waals surface area contributed by atoms with Gasteiger partial charge in [0.15, 0.2) is 17.3 Å². The number of hydrogen-bond acceptors (Lipinski definition) is 7. The van der Waals surface area contributed by atoms with E-state index < -0.39 is 5.91 Å². The molecule has 0 spiro atoms. The summed E-state index contributed by atoms with van der Waals surface area (Å²) in [6.07, 6.45) is 2.49. The Morgan fingerprint density at radius 2 is 1.69 bits per heavy atom. The number of ether oxygens (including phenoxy) is 3. The molecule has 0 bridgehead atoms. The molecule has 0 fully saturated rings. The lowest BCUT2D eigenvalue weighted by Gasteiger charge is -2.23. The fraction of sp³-hybridized carbons (Fsp3) is 0.250. The van der Waals surface area contributed by atoms with E-state index in [1.807, 2.05) is 30.3 Å². The topological polar surface area (TPSA) is 99.6 Å². The van der Waals surface area contributed by atoms with Gasteiger partial charge in [0.25, 0.3) is 5.91 Å². The highest BCUT2D eigenvalue weighted by molar-refractivity contribution is 6.04. The number of hydrogen-bond donors (Lipinski definition) is 1. The summed E-state index contributed by atoms with van der Waals surface area (Å²) in [5.41, 5.74) is 2.51. The maximum atomic E-state index is 12.9.